The van der Waals surface area contributed by atoms with Crippen molar-refractivity contribution >= 4 is 11.7 Å². The van der Waals surface area contributed by atoms with E-state index in [-0.39, 0.29) is 11.8 Å². The molecule has 0 aromatic carbocycles. The highest BCUT2D eigenvalue weighted by molar-refractivity contribution is 5.80. The minimum absolute atomic E-state index is 0.0873. The van der Waals surface area contributed by atoms with Gasteiger partial charge in [-0.1, -0.05) is 12.1 Å². The van der Waals surface area contributed by atoms with Crippen LogP contribution in [0, 0.1) is 19.8 Å². The van der Waals surface area contributed by atoms with E-state index in [1.807, 2.05) is 19.3 Å². The highest BCUT2D eigenvalue weighted by Gasteiger charge is 2.29. The number of hydrogen-bond acceptors (Lipinski definition) is 8. The Kier molecular flexibility index (Phi) is 6.77. The number of anilines is 1. The quantitative estimate of drug-likeness (QED) is 0.533. The number of rotatable bonds is 8. The van der Waals surface area contributed by atoms with Crippen molar-refractivity contribution in [1.82, 2.24) is 35.0 Å². The molecule has 0 bridgehead atoms. The van der Waals surface area contributed by atoms with Gasteiger partial charge in [0.1, 0.15) is 23.0 Å². The fourth-order valence-electron chi connectivity index (χ4n) is 4.10. The highest BCUT2D eigenvalue weighted by Crippen LogP contribution is 2.30. The van der Waals surface area contributed by atoms with Gasteiger partial charge >= 0.3 is 0 Å². The first-order chi connectivity index (χ1) is 15.5. The van der Waals surface area contributed by atoms with Crippen LogP contribution in [0.2, 0.25) is 0 Å². The number of amides is 1. The summed E-state index contributed by atoms with van der Waals surface area (Å²) in [6, 6.07) is 0. The van der Waals surface area contributed by atoms with Crippen LogP contribution in [0.5, 0.6) is 0 Å². The molecule has 1 atom stereocenters. The molecular weight excluding hydrogens is 408 g/mol. The van der Waals surface area contributed by atoms with E-state index in [0.717, 1.165) is 50.4 Å². The molecule has 4 rings (SSSR count). The summed E-state index contributed by atoms with van der Waals surface area (Å²) in [7, 11) is 0. The van der Waals surface area contributed by atoms with E-state index in [0.29, 0.717) is 36.2 Å². The van der Waals surface area contributed by atoms with Gasteiger partial charge in [0, 0.05) is 51.2 Å². The van der Waals surface area contributed by atoms with Crippen molar-refractivity contribution in [1.29, 1.82) is 0 Å². The summed E-state index contributed by atoms with van der Waals surface area (Å²) in [5, 5.41) is 7.00. The first-order valence-electron chi connectivity index (χ1n) is 11.2. The summed E-state index contributed by atoms with van der Waals surface area (Å²) in [4.78, 5) is 32.6. The maximum Gasteiger partial charge on any atom is 0.263 e. The highest BCUT2D eigenvalue weighted by atomic mass is 16.5. The summed E-state index contributed by atoms with van der Waals surface area (Å²) in [6.45, 7) is 8.65. The lowest BCUT2D eigenvalue weighted by atomic mass is 9.96. The zero-order chi connectivity index (χ0) is 22.5. The molecule has 4 heterocycles. The van der Waals surface area contributed by atoms with Gasteiger partial charge in [0.25, 0.3) is 5.89 Å². The molecule has 1 fully saturated rings. The maximum absolute atomic E-state index is 12.9. The number of aromatic nitrogens is 6. The second kappa shape index (κ2) is 9.88. The minimum Gasteiger partial charge on any atom is -0.356 e. The number of imidazole rings is 1. The summed E-state index contributed by atoms with van der Waals surface area (Å²) in [5.74, 6) is 3.45. The summed E-state index contributed by atoms with van der Waals surface area (Å²) in [5.41, 5.74) is 0.698. The molecule has 1 aliphatic rings. The number of aryl methyl sites for hydroxylation is 4. The Balaban J connectivity index is 1.37. The van der Waals surface area contributed by atoms with Gasteiger partial charge in [-0.05, 0) is 33.1 Å². The molecule has 10 nitrogen and oxygen atoms in total. The van der Waals surface area contributed by atoms with Crippen LogP contribution in [-0.2, 0) is 17.8 Å². The average Bonchev–Trinajstić information content (AvgIpc) is 3.45. The molecule has 0 spiro atoms. The molecule has 3 aromatic rings. The van der Waals surface area contributed by atoms with E-state index < -0.39 is 0 Å². The van der Waals surface area contributed by atoms with Crippen molar-refractivity contribution in [3.05, 3.63) is 36.1 Å². The van der Waals surface area contributed by atoms with Crippen LogP contribution < -0.4 is 10.2 Å². The van der Waals surface area contributed by atoms with Crippen molar-refractivity contribution in [2.24, 2.45) is 5.92 Å². The van der Waals surface area contributed by atoms with Crippen molar-refractivity contribution in [3.8, 4) is 11.5 Å². The van der Waals surface area contributed by atoms with Gasteiger partial charge in [0.2, 0.25) is 5.91 Å². The van der Waals surface area contributed by atoms with Crippen LogP contribution >= 0.6 is 0 Å². The van der Waals surface area contributed by atoms with Gasteiger partial charge in [-0.2, -0.15) is 4.98 Å². The first-order valence-corrected chi connectivity index (χ1v) is 11.2. The molecule has 3 aromatic heterocycles. The van der Waals surface area contributed by atoms with Crippen molar-refractivity contribution in [2.75, 3.05) is 24.5 Å². The molecule has 1 aliphatic heterocycles. The van der Waals surface area contributed by atoms with E-state index in [2.05, 4.69) is 46.8 Å². The summed E-state index contributed by atoms with van der Waals surface area (Å²) < 4.78 is 7.50. The van der Waals surface area contributed by atoms with E-state index in [4.69, 9.17) is 4.52 Å². The number of hydrogen-bond donors (Lipinski definition) is 1. The molecular formula is C22H30N8O2. The van der Waals surface area contributed by atoms with Crippen molar-refractivity contribution in [2.45, 2.75) is 53.0 Å². The Hall–Kier alpha value is -3.30. The monoisotopic (exact) mass is 438 g/mol. The Labute approximate surface area is 187 Å². The molecule has 1 N–H and O–H groups in total. The topological polar surface area (TPSA) is 115 Å². The van der Waals surface area contributed by atoms with Gasteiger partial charge in [0.05, 0.1) is 5.92 Å². The molecule has 1 saturated heterocycles. The largest absolute Gasteiger partial charge is 0.356 e. The summed E-state index contributed by atoms with van der Waals surface area (Å²) >= 11 is 0. The van der Waals surface area contributed by atoms with E-state index >= 15 is 0 Å². The third-order valence-electron chi connectivity index (χ3n) is 5.73. The molecule has 32 heavy (non-hydrogen) atoms. The minimum atomic E-state index is -0.0873. The zero-order valence-corrected chi connectivity index (χ0v) is 18.9. The maximum atomic E-state index is 12.9. The Morgan fingerprint density at radius 3 is 2.91 bits per heavy atom. The zero-order valence-electron chi connectivity index (χ0n) is 18.9. The molecule has 0 saturated carbocycles. The van der Waals surface area contributed by atoms with Crippen LogP contribution in [0.3, 0.4) is 0 Å². The van der Waals surface area contributed by atoms with Crippen LogP contribution in [0.25, 0.3) is 11.5 Å². The van der Waals surface area contributed by atoms with Crippen LogP contribution in [0.1, 0.15) is 43.7 Å². The Morgan fingerprint density at radius 2 is 2.12 bits per heavy atom. The molecule has 170 valence electrons. The summed E-state index contributed by atoms with van der Waals surface area (Å²) in [6.07, 6.45) is 9.09. The van der Waals surface area contributed by atoms with Gasteiger partial charge in [-0.25, -0.2) is 15.0 Å². The number of carbonyl (C=O) groups excluding carboxylic acids is 1. The predicted molar refractivity (Wildman–Crippen MR) is 119 cm³/mol. The lowest BCUT2D eigenvalue weighted by Gasteiger charge is -2.33. The number of carbonyl (C=O) groups is 1. The van der Waals surface area contributed by atoms with Gasteiger partial charge in [-0.3, -0.25) is 4.79 Å². The van der Waals surface area contributed by atoms with Gasteiger partial charge in [0.15, 0.2) is 5.82 Å². The van der Waals surface area contributed by atoms with Gasteiger partial charge < -0.3 is 19.3 Å². The Morgan fingerprint density at radius 1 is 1.25 bits per heavy atom. The number of nitrogens with one attached hydrogen (secondary N) is 1. The lowest BCUT2D eigenvalue weighted by Crippen LogP contribution is -2.44. The molecule has 0 radical (unpaired) electrons. The van der Waals surface area contributed by atoms with Crippen molar-refractivity contribution in [3.63, 3.8) is 0 Å². The lowest BCUT2D eigenvalue weighted by molar-refractivity contribution is -0.125. The third-order valence-corrected chi connectivity index (χ3v) is 5.73. The average molecular weight is 439 g/mol. The Bertz CT molecular complexity index is 1060. The van der Waals surface area contributed by atoms with Gasteiger partial charge in [-0.15, -0.1) is 0 Å². The molecule has 0 aliphatic carbocycles. The molecule has 1 unspecified atom stereocenters. The van der Waals surface area contributed by atoms with E-state index in [1.165, 1.54) is 0 Å². The van der Waals surface area contributed by atoms with Crippen LogP contribution in [0.4, 0.5) is 5.82 Å². The first kappa shape index (κ1) is 21.9. The SMILES string of the molecule is CCc1nccn1CCCNC(=O)C1CCCN(c2nc(C)ncc2-c2nc(C)no2)C1. The fraction of sp³-hybridized carbons (Fsp3) is 0.545. The molecule has 10 heteroatoms. The number of nitrogens with zero attached hydrogens (tertiary/aromatic N) is 7. The smallest absolute Gasteiger partial charge is 0.263 e. The number of piperidine rings is 1. The van der Waals surface area contributed by atoms with Crippen molar-refractivity contribution < 1.29 is 9.32 Å². The standard InChI is InChI=1S/C22H30N8O2/c1-4-19-23-9-12-29(19)11-6-8-24-21(31)17-7-5-10-30(14-17)20-18(13-25-15(2)26-20)22-27-16(3)28-32-22/h9,12-13,17H,4-8,10-11,14H2,1-3H3,(H,24,31). The fourth-order valence-corrected chi connectivity index (χ4v) is 4.10. The van der Waals surface area contributed by atoms with Crippen LogP contribution in [0.15, 0.2) is 23.1 Å². The second-order valence-electron chi connectivity index (χ2n) is 8.12. The van der Waals surface area contributed by atoms with E-state index in [9.17, 15) is 4.79 Å². The third kappa shape index (κ3) is 4.95. The second-order valence-corrected chi connectivity index (χ2v) is 8.12. The normalized spacial score (nSPS) is 16.3. The predicted octanol–water partition coefficient (Wildman–Crippen LogP) is 2.33. The molecule has 1 amide bonds. The van der Waals surface area contributed by atoms with E-state index in [1.54, 1.807) is 13.1 Å². The van der Waals surface area contributed by atoms with Crippen LogP contribution in [-0.4, -0.2) is 55.2 Å².